The molecule has 130 valence electrons. The van der Waals surface area contributed by atoms with Gasteiger partial charge in [-0.05, 0) is 25.3 Å². The van der Waals surface area contributed by atoms with Gasteiger partial charge in [-0.3, -0.25) is 14.6 Å². The van der Waals surface area contributed by atoms with Crippen molar-refractivity contribution in [3.63, 3.8) is 0 Å². The number of nitrogens with zero attached hydrogens (tertiary/aromatic N) is 6. The Morgan fingerprint density at radius 1 is 1.25 bits per heavy atom. The summed E-state index contributed by atoms with van der Waals surface area (Å²) in [7, 11) is 0. The van der Waals surface area contributed by atoms with Crippen molar-refractivity contribution in [1.82, 2.24) is 29.9 Å². The van der Waals surface area contributed by atoms with Gasteiger partial charge < -0.3 is 9.64 Å². The Kier molecular flexibility index (Phi) is 4.48. The molecule has 2 aliphatic heterocycles. The molecule has 0 radical (unpaired) electrons. The van der Waals surface area contributed by atoms with Gasteiger partial charge in [-0.25, -0.2) is 0 Å². The molecule has 4 rings (SSSR count). The monoisotopic (exact) mass is 331 g/mol. The average molecular weight is 331 g/mol. The molecule has 2 saturated heterocycles. The van der Waals surface area contributed by atoms with Gasteiger partial charge in [-0.15, -0.1) is 10.2 Å². The summed E-state index contributed by atoms with van der Waals surface area (Å²) in [5, 5.41) is 15.9. The SMILES string of the molecule is CCn1c(-c2ccn[nH]2)nnc1N1CCC(CN2CCOCC2)C1. The molecule has 2 aliphatic rings. The molecule has 1 N–H and O–H groups in total. The quantitative estimate of drug-likeness (QED) is 0.875. The molecule has 0 saturated carbocycles. The summed E-state index contributed by atoms with van der Waals surface area (Å²) in [5.74, 6) is 2.54. The van der Waals surface area contributed by atoms with E-state index in [4.69, 9.17) is 4.74 Å². The van der Waals surface area contributed by atoms with Crippen LogP contribution in [0.3, 0.4) is 0 Å². The number of ether oxygens (including phenoxy) is 1. The molecule has 0 aliphatic carbocycles. The van der Waals surface area contributed by atoms with Gasteiger partial charge in [-0.1, -0.05) is 0 Å². The van der Waals surface area contributed by atoms with Gasteiger partial charge in [0.2, 0.25) is 5.95 Å². The number of hydrogen-bond donors (Lipinski definition) is 1. The minimum atomic E-state index is 0.695. The smallest absolute Gasteiger partial charge is 0.227 e. The summed E-state index contributed by atoms with van der Waals surface area (Å²) in [6.45, 7) is 10.1. The fraction of sp³-hybridized carbons (Fsp3) is 0.688. The van der Waals surface area contributed by atoms with Crippen molar-refractivity contribution in [2.45, 2.75) is 19.9 Å². The number of hydrogen-bond acceptors (Lipinski definition) is 6. The van der Waals surface area contributed by atoms with Crippen molar-refractivity contribution >= 4 is 5.95 Å². The molecule has 0 bridgehead atoms. The first kappa shape index (κ1) is 15.6. The predicted octanol–water partition coefficient (Wildman–Crippen LogP) is 0.847. The Morgan fingerprint density at radius 3 is 2.88 bits per heavy atom. The zero-order chi connectivity index (χ0) is 16.4. The Hall–Kier alpha value is -1.93. The topological polar surface area (TPSA) is 75.1 Å². The van der Waals surface area contributed by atoms with Gasteiger partial charge in [0.25, 0.3) is 0 Å². The van der Waals surface area contributed by atoms with Crippen LogP contribution in [0.2, 0.25) is 0 Å². The van der Waals surface area contributed by atoms with Crippen LogP contribution in [0.5, 0.6) is 0 Å². The Balaban J connectivity index is 1.45. The standard InChI is InChI=1S/C16H25N7O/c1-2-23-15(14-3-5-17-18-14)19-20-16(23)22-6-4-13(12-22)11-21-7-9-24-10-8-21/h3,5,13H,2,4,6-12H2,1H3,(H,17,18). The van der Waals surface area contributed by atoms with E-state index in [2.05, 4.69) is 41.7 Å². The van der Waals surface area contributed by atoms with Crippen LogP contribution >= 0.6 is 0 Å². The van der Waals surface area contributed by atoms with Crippen LogP contribution in [-0.2, 0) is 11.3 Å². The van der Waals surface area contributed by atoms with Crippen LogP contribution in [0, 0.1) is 5.92 Å². The maximum atomic E-state index is 5.44. The van der Waals surface area contributed by atoms with Gasteiger partial charge in [0.15, 0.2) is 5.82 Å². The highest BCUT2D eigenvalue weighted by atomic mass is 16.5. The summed E-state index contributed by atoms with van der Waals surface area (Å²) in [6, 6.07) is 1.94. The van der Waals surface area contributed by atoms with Crippen LogP contribution in [-0.4, -0.2) is 75.8 Å². The van der Waals surface area contributed by atoms with Crippen molar-refractivity contribution in [3.8, 4) is 11.5 Å². The molecule has 1 unspecified atom stereocenters. The summed E-state index contributed by atoms with van der Waals surface area (Å²) in [5.41, 5.74) is 0.916. The summed E-state index contributed by atoms with van der Waals surface area (Å²) in [6.07, 6.45) is 2.96. The van der Waals surface area contributed by atoms with Gasteiger partial charge in [-0.2, -0.15) is 5.10 Å². The number of aromatic amines is 1. The second kappa shape index (κ2) is 6.90. The van der Waals surface area contributed by atoms with Crippen LogP contribution in [0.25, 0.3) is 11.5 Å². The molecule has 2 fully saturated rings. The number of rotatable bonds is 5. The molecule has 0 aromatic carbocycles. The van der Waals surface area contributed by atoms with E-state index in [-0.39, 0.29) is 0 Å². The van der Waals surface area contributed by atoms with E-state index in [1.165, 1.54) is 6.42 Å². The average Bonchev–Trinajstić information content (AvgIpc) is 3.35. The van der Waals surface area contributed by atoms with Gasteiger partial charge in [0, 0.05) is 45.5 Å². The maximum absolute atomic E-state index is 5.44. The zero-order valence-electron chi connectivity index (χ0n) is 14.2. The third kappa shape index (κ3) is 3.03. The fourth-order valence-electron chi connectivity index (χ4n) is 3.71. The van der Waals surface area contributed by atoms with Gasteiger partial charge in [0.05, 0.1) is 13.2 Å². The molecule has 8 nitrogen and oxygen atoms in total. The molecule has 24 heavy (non-hydrogen) atoms. The second-order valence-electron chi connectivity index (χ2n) is 6.55. The predicted molar refractivity (Wildman–Crippen MR) is 90.9 cm³/mol. The normalized spacial score (nSPS) is 22.4. The number of morpholine rings is 1. The van der Waals surface area contributed by atoms with Crippen molar-refractivity contribution < 1.29 is 4.74 Å². The first-order valence-corrected chi connectivity index (χ1v) is 8.83. The minimum Gasteiger partial charge on any atom is -0.379 e. The third-order valence-corrected chi connectivity index (χ3v) is 4.98. The van der Waals surface area contributed by atoms with E-state index < -0.39 is 0 Å². The Morgan fingerprint density at radius 2 is 2.12 bits per heavy atom. The number of nitrogens with one attached hydrogen (secondary N) is 1. The van der Waals surface area contributed by atoms with Gasteiger partial charge >= 0.3 is 0 Å². The minimum absolute atomic E-state index is 0.695. The molecule has 2 aromatic rings. The van der Waals surface area contributed by atoms with Crippen molar-refractivity contribution in [3.05, 3.63) is 12.3 Å². The highest BCUT2D eigenvalue weighted by Gasteiger charge is 2.29. The molecule has 8 heteroatoms. The van der Waals surface area contributed by atoms with Crippen molar-refractivity contribution in [2.24, 2.45) is 5.92 Å². The first-order valence-electron chi connectivity index (χ1n) is 8.83. The maximum Gasteiger partial charge on any atom is 0.227 e. The van der Waals surface area contributed by atoms with Crippen LogP contribution in [0.15, 0.2) is 12.3 Å². The van der Waals surface area contributed by atoms with E-state index in [1.54, 1.807) is 6.20 Å². The van der Waals surface area contributed by atoms with E-state index >= 15 is 0 Å². The number of aromatic nitrogens is 5. The Bertz CT molecular complexity index is 647. The van der Waals surface area contributed by atoms with Crippen LogP contribution in [0.4, 0.5) is 5.95 Å². The largest absolute Gasteiger partial charge is 0.379 e. The molecule has 2 aromatic heterocycles. The lowest BCUT2D eigenvalue weighted by molar-refractivity contribution is 0.0320. The van der Waals surface area contributed by atoms with Gasteiger partial charge in [0.1, 0.15) is 5.69 Å². The van der Waals surface area contributed by atoms with Crippen LogP contribution in [0.1, 0.15) is 13.3 Å². The highest BCUT2D eigenvalue weighted by Crippen LogP contribution is 2.26. The van der Waals surface area contributed by atoms with E-state index in [0.29, 0.717) is 5.92 Å². The molecule has 0 spiro atoms. The summed E-state index contributed by atoms with van der Waals surface area (Å²) in [4.78, 5) is 4.90. The fourth-order valence-corrected chi connectivity index (χ4v) is 3.71. The van der Waals surface area contributed by atoms with E-state index in [0.717, 1.165) is 69.9 Å². The van der Waals surface area contributed by atoms with Crippen LogP contribution < -0.4 is 4.90 Å². The zero-order valence-corrected chi connectivity index (χ0v) is 14.2. The lowest BCUT2D eigenvalue weighted by Crippen LogP contribution is -2.40. The lowest BCUT2D eigenvalue weighted by Gasteiger charge is -2.29. The van der Waals surface area contributed by atoms with E-state index in [1.807, 2.05) is 6.07 Å². The molecular weight excluding hydrogens is 306 g/mol. The first-order chi connectivity index (χ1) is 11.8. The highest BCUT2D eigenvalue weighted by molar-refractivity contribution is 5.52. The summed E-state index contributed by atoms with van der Waals surface area (Å²) >= 11 is 0. The Labute approximate surface area is 141 Å². The molecule has 4 heterocycles. The number of anilines is 1. The van der Waals surface area contributed by atoms with E-state index in [9.17, 15) is 0 Å². The second-order valence-corrected chi connectivity index (χ2v) is 6.55. The molecule has 0 amide bonds. The number of H-pyrrole nitrogens is 1. The molecular formula is C16H25N7O. The third-order valence-electron chi connectivity index (χ3n) is 4.98. The molecule has 1 atom stereocenters. The lowest BCUT2D eigenvalue weighted by atomic mass is 10.1. The van der Waals surface area contributed by atoms with Crippen molar-refractivity contribution in [1.29, 1.82) is 0 Å². The van der Waals surface area contributed by atoms with Crippen molar-refractivity contribution in [2.75, 3.05) is 50.8 Å². The summed E-state index contributed by atoms with van der Waals surface area (Å²) < 4.78 is 7.61.